The first-order valence-corrected chi connectivity index (χ1v) is 6.39. The van der Waals surface area contributed by atoms with Crippen molar-refractivity contribution in [1.82, 2.24) is 20.3 Å². The third kappa shape index (κ3) is 3.36. The van der Waals surface area contributed by atoms with E-state index in [0.29, 0.717) is 5.69 Å². The highest BCUT2D eigenvalue weighted by Gasteiger charge is 2.44. The summed E-state index contributed by atoms with van der Waals surface area (Å²) < 4.78 is 6.48. The molecule has 5 N–H and O–H groups in total. The van der Waals surface area contributed by atoms with Crippen LogP contribution in [0.15, 0.2) is 6.20 Å². The summed E-state index contributed by atoms with van der Waals surface area (Å²) in [7, 11) is 0. The normalized spacial score (nSPS) is 32.9. The standard InChI is InChI=1S/C11H18N4O6/c1-5(17)12-2-6-3-15(14-13-6)11-10(20)9(19)8(18)7(4-16)21-11/h3,7-11,16,18-20H,2,4H2,1H3,(H,12,17)/t7-,8-,9+,10-,11-/m1/s1. The van der Waals surface area contributed by atoms with E-state index < -0.39 is 37.3 Å². The van der Waals surface area contributed by atoms with Crippen LogP contribution < -0.4 is 5.32 Å². The summed E-state index contributed by atoms with van der Waals surface area (Å²) in [4.78, 5) is 10.8. The number of hydrogen-bond acceptors (Lipinski definition) is 8. The smallest absolute Gasteiger partial charge is 0.217 e. The molecule has 0 aliphatic carbocycles. The number of nitrogens with zero attached hydrogens (tertiary/aromatic N) is 3. The molecule has 0 saturated carbocycles. The van der Waals surface area contributed by atoms with Gasteiger partial charge < -0.3 is 30.5 Å². The Hall–Kier alpha value is -1.59. The molecule has 10 nitrogen and oxygen atoms in total. The van der Waals surface area contributed by atoms with Gasteiger partial charge in [-0.25, -0.2) is 4.68 Å². The zero-order chi connectivity index (χ0) is 15.6. The van der Waals surface area contributed by atoms with Gasteiger partial charge in [-0.2, -0.15) is 0 Å². The van der Waals surface area contributed by atoms with Crippen molar-refractivity contribution in [3.8, 4) is 0 Å². The number of amides is 1. The molecule has 1 aromatic rings. The van der Waals surface area contributed by atoms with E-state index in [1.807, 2.05) is 0 Å². The van der Waals surface area contributed by atoms with Crippen molar-refractivity contribution in [1.29, 1.82) is 0 Å². The summed E-state index contributed by atoms with van der Waals surface area (Å²) in [6.45, 7) is 1.00. The number of aliphatic hydroxyl groups is 4. The molecular weight excluding hydrogens is 284 g/mol. The highest BCUT2D eigenvalue weighted by Crippen LogP contribution is 2.27. The Morgan fingerprint density at radius 2 is 2.10 bits per heavy atom. The maximum Gasteiger partial charge on any atom is 0.217 e. The van der Waals surface area contributed by atoms with E-state index in [1.165, 1.54) is 17.8 Å². The third-order valence-electron chi connectivity index (χ3n) is 3.20. The number of aromatic nitrogens is 3. The quantitative estimate of drug-likeness (QED) is 0.392. The molecule has 0 aromatic carbocycles. The average molecular weight is 302 g/mol. The maximum absolute atomic E-state index is 10.8. The van der Waals surface area contributed by atoms with Gasteiger partial charge in [0.15, 0.2) is 6.23 Å². The Labute approximate surface area is 120 Å². The van der Waals surface area contributed by atoms with Gasteiger partial charge in [-0.05, 0) is 0 Å². The molecule has 1 fully saturated rings. The first-order chi connectivity index (χ1) is 9.93. The molecule has 1 saturated heterocycles. The van der Waals surface area contributed by atoms with Gasteiger partial charge in [0, 0.05) is 6.92 Å². The van der Waals surface area contributed by atoms with Crippen molar-refractivity contribution in [3.05, 3.63) is 11.9 Å². The van der Waals surface area contributed by atoms with Crippen LogP contribution in [0.2, 0.25) is 0 Å². The number of hydrogen-bond donors (Lipinski definition) is 5. The second kappa shape index (κ2) is 6.45. The summed E-state index contributed by atoms with van der Waals surface area (Å²) in [5.74, 6) is -0.225. The van der Waals surface area contributed by atoms with Crippen LogP contribution in [0.1, 0.15) is 18.8 Å². The lowest BCUT2D eigenvalue weighted by molar-refractivity contribution is -0.254. The van der Waals surface area contributed by atoms with Crippen molar-refractivity contribution in [2.45, 2.75) is 44.1 Å². The highest BCUT2D eigenvalue weighted by atomic mass is 16.6. The fourth-order valence-corrected chi connectivity index (χ4v) is 2.03. The lowest BCUT2D eigenvalue weighted by atomic mass is 9.98. The van der Waals surface area contributed by atoms with E-state index in [1.54, 1.807) is 0 Å². The van der Waals surface area contributed by atoms with Crippen molar-refractivity contribution in [2.75, 3.05) is 6.61 Å². The molecule has 1 aliphatic heterocycles. The molecular formula is C11H18N4O6. The van der Waals surface area contributed by atoms with Gasteiger partial charge in [-0.3, -0.25) is 4.79 Å². The van der Waals surface area contributed by atoms with Crippen LogP contribution in [-0.4, -0.2) is 72.3 Å². The van der Waals surface area contributed by atoms with E-state index in [2.05, 4.69) is 15.6 Å². The molecule has 2 rings (SSSR count). The zero-order valence-electron chi connectivity index (χ0n) is 11.3. The van der Waals surface area contributed by atoms with E-state index in [9.17, 15) is 20.1 Å². The fourth-order valence-electron chi connectivity index (χ4n) is 2.03. The van der Waals surface area contributed by atoms with Gasteiger partial charge in [-0.15, -0.1) is 5.10 Å². The molecule has 0 radical (unpaired) electrons. The van der Waals surface area contributed by atoms with E-state index in [-0.39, 0.29) is 12.5 Å². The summed E-state index contributed by atoms with van der Waals surface area (Å²) in [6, 6.07) is 0. The fraction of sp³-hybridized carbons (Fsp3) is 0.727. The van der Waals surface area contributed by atoms with Gasteiger partial charge in [0.25, 0.3) is 0 Å². The molecule has 5 atom stereocenters. The lowest BCUT2D eigenvalue weighted by Crippen LogP contribution is -2.56. The molecule has 1 amide bonds. The third-order valence-corrected chi connectivity index (χ3v) is 3.20. The largest absolute Gasteiger partial charge is 0.394 e. The van der Waals surface area contributed by atoms with Crippen LogP contribution in [-0.2, 0) is 16.1 Å². The van der Waals surface area contributed by atoms with Crippen LogP contribution in [0.5, 0.6) is 0 Å². The molecule has 0 unspecified atom stereocenters. The average Bonchev–Trinajstić information content (AvgIpc) is 2.92. The number of aliphatic hydroxyl groups excluding tert-OH is 4. The molecule has 21 heavy (non-hydrogen) atoms. The van der Waals surface area contributed by atoms with E-state index in [4.69, 9.17) is 9.84 Å². The van der Waals surface area contributed by atoms with Crippen LogP contribution >= 0.6 is 0 Å². The van der Waals surface area contributed by atoms with Crippen molar-refractivity contribution < 1.29 is 30.0 Å². The molecule has 1 aliphatic rings. The molecule has 2 heterocycles. The SMILES string of the molecule is CC(=O)NCc1cn([C@@H]2O[C@H](CO)[C@@H](O)[C@H](O)[C@H]2O)nn1. The van der Waals surface area contributed by atoms with Crippen LogP contribution in [0.3, 0.4) is 0 Å². The first-order valence-electron chi connectivity index (χ1n) is 6.39. The summed E-state index contributed by atoms with van der Waals surface area (Å²) >= 11 is 0. The van der Waals surface area contributed by atoms with Gasteiger partial charge in [0.2, 0.25) is 5.91 Å². The number of rotatable bonds is 4. The Balaban J connectivity index is 2.11. The Bertz CT molecular complexity index is 493. The van der Waals surface area contributed by atoms with Gasteiger partial charge in [0.1, 0.15) is 30.1 Å². The zero-order valence-corrected chi connectivity index (χ0v) is 11.3. The predicted octanol–water partition coefficient (Wildman–Crippen LogP) is -3.11. The molecule has 0 bridgehead atoms. The number of ether oxygens (including phenoxy) is 1. The van der Waals surface area contributed by atoms with E-state index >= 15 is 0 Å². The minimum atomic E-state index is -1.48. The Kier molecular flexibility index (Phi) is 4.85. The van der Waals surface area contributed by atoms with Crippen LogP contribution in [0.4, 0.5) is 0 Å². The topological polar surface area (TPSA) is 150 Å². The van der Waals surface area contributed by atoms with Gasteiger partial charge in [0.05, 0.1) is 19.3 Å². The Morgan fingerprint density at radius 3 is 2.71 bits per heavy atom. The van der Waals surface area contributed by atoms with Gasteiger partial charge >= 0.3 is 0 Å². The second-order valence-corrected chi connectivity index (χ2v) is 4.82. The first kappa shape index (κ1) is 15.8. The minimum Gasteiger partial charge on any atom is -0.394 e. The molecule has 0 spiro atoms. The molecule has 1 aromatic heterocycles. The lowest BCUT2D eigenvalue weighted by Gasteiger charge is -2.39. The van der Waals surface area contributed by atoms with E-state index in [0.717, 1.165) is 0 Å². The van der Waals surface area contributed by atoms with Crippen LogP contribution in [0, 0.1) is 0 Å². The monoisotopic (exact) mass is 302 g/mol. The summed E-state index contributed by atoms with van der Waals surface area (Å²) in [5.41, 5.74) is 0.433. The van der Waals surface area contributed by atoms with Crippen molar-refractivity contribution >= 4 is 5.91 Å². The van der Waals surface area contributed by atoms with Crippen molar-refractivity contribution in [2.24, 2.45) is 0 Å². The van der Waals surface area contributed by atoms with Crippen LogP contribution in [0.25, 0.3) is 0 Å². The minimum absolute atomic E-state index is 0.159. The second-order valence-electron chi connectivity index (χ2n) is 4.82. The number of carbonyl (C=O) groups excluding carboxylic acids is 1. The highest BCUT2D eigenvalue weighted by molar-refractivity contribution is 5.72. The maximum atomic E-state index is 10.8. The molecule has 10 heteroatoms. The van der Waals surface area contributed by atoms with Gasteiger partial charge in [-0.1, -0.05) is 5.21 Å². The number of nitrogens with one attached hydrogen (secondary N) is 1. The van der Waals surface area contributed by atoms with Crippen molar-refractivity contribution in [3.63, 3.8) is 0 Å². The Morgan fingerprint density at radius 1 is 1.38 bits per heavy atom. The summed E-state index contributed by atoms with van der Waals surface area (Å²) in [6.07, 6.45) is -5.02. The number of carbonyl (C=O) groups is 1. The predicted molar refractivity (Wildman–Crippen MR) is 66.6 cm³/mol. The summed E-state index contributed by atoms with van der Waals surface area (Å²) in [5, 5.41) is 48.5. The molecule has 118 valence electrons.